The van der Waals surface area contributed by atoms with Gasteiger partial charge in [0.15, 0.2) is 0 Å². The van der Waals surface area contributed by atoms with Gasteiger partial charge in [-0.15, -0.1) is 4.40 Å². The SMILES string of the molecule is Cn1cc(N(CC[C@@H]2CCCO2)S(=O)(=O)/N=C(\[O-])Nc2c3c(cc4c2CCC4)CCC3)cn1. The molecule has 2 heterocycles. The molecule has 1 aliphatic heterocycles. The van der Waals surface area contributed by atoms with Crippen molar-refractivity contribution in [3.63, 3.8) is 0 Å². The molecule has 3 aliphatic rings. The number of anilines is 2. The molecule has 1 aromatic carbocycles. The maximum absolute atomic E-state index is 13.2. The van der Waals surface area contributed by atoms with E-state index >= 15 is 0 Å². The zero-order chi connectivity index (χ0) is 23.0. The van der Waals surface area contributed by atoms with E-state index in [2.05, 4.69) is 20.9 Å². The van der Waals surface area contributed by atoms with Crippen molar-refractivity contribution >= 4 is 27.6 Å². The first-order valence-corrected chi connectivity index (χ1v) is 13.1. The summed E-state index contributed by atoms with van der Waals surface area (Å²) in [4.78, 5) is 0. The van der Waals surface area contributed by atoms with Crippen LogP contribution in [-0.4, -0.2) is 43.5 Å². The fraction of sp³-hybridized carbons (Fsp3) is 0.565. The Balaban J connectivity index is 1.41. The van der Waals surface area contributed by atoms with Gasteiger partial charge in [0.2, 0.25) is 0 Å². The average Bonchev–Trinajstić information content (AvgIpc) is 3.55. The maximum atomic E-state index is 13.2. The lowest BCUT2D eigenvalue weighted by Gasteiger charge is -2.24. The molecule has 1 fully saturated rings. The fourth-order valence-electron chi connectivity index (χ4n) is 5.30. The highest BCUT2D eigenvalue weighted by Crippen LogP contribution is 2.38. The highest BCUT2D eigenvalue weighted by molar-refractivity contribution is 7.91. The number of rotatable bonds is 7. The summed E-state index contributed by atoms with van der Waals surface area (Å²) in [6.45, 7) is 0.869. The molecule has 2 aliphatic carbocycles. The van der Waals surface area contributed by atoms with Gasteiger partial charge in [-0.3, -0.25) is 4.68 Å². The summed E-state index contributed by atoms with van der Waals surface area (Å²) in [5, 5.41) is 19.8. The van der Waals surface area contributed by atoms with Gasteiger partial charge in [-0.1, -0.05) is 6.07 Å². The lowest BCUT2D eigenvalue weighted by Crippen LogP contribution is -2.36. The van der Waals surface area contributed by atoms with Crippen molar-refractivity contribution in [3.8, 4) is 0 Å². The number of hydrogen-bond donors (Lipinski definition) is 1. The number of fused-ring (bicyclic) bond motifs is 2. The summed E-state index contributed by atoms with van der Waals surface area (Å²) in [5.41, 5.74) is 5.98. The maximum Gasteiger partial charge on any atom is 0.345 e. The molecule has 0 amide bonds. The van der Waals surface area contributed by atoms with Gasteiger partial charge in [-0.05, 0) is 80.0 Å². The van der Waals surface area contributed by atoms with E-state index in [1.54, 1.807) is 13.2 Å². The number of ether oxygens (including phenoxy) is 1. The van der Waals surface area contributed by atoms with Crippen molar-refractivity contribution in [2.45, 2.75) is 63.9 Å². The van der Waals surface area contributed by atoms with Crippen LogP contribution in [0.25, 0.3) is 0 Å². The highest BCUT2D eigenvalue weighted by atomic mass is 32.2. The van der Waals surface area contributed by atoms with E-state index in [1.165, 1.54) is 22.0 Å². The molecule has 0 unspecified atom stereocenters. The van der Waals surface area contributed by atoms with Crippen molar-refractivity contribution in [2.24, 2.45) is 11.4 Å². The summed E-state index contributed by atoms with van der Waals surface area (Å²) >= 11 is 0. The number of amidine groups is 1. The number of hydrogen-bond acceptors (Lipinski definition) is 5. The molecule has 178 valence electrons. The lowest BCUT2D eigenvalue weighted by molar-refractivity contribution is -0.213. The second kappa shape index (κ2) is 8.98. The first-order valence-electron chi connectivity index (χ1n) is 11.7. The molecule has 2 aromatic rings. The summed E-state index contributed by atoms with van der Waals surface area (Å²) in [6.07, 6.45) is 11.4. The minimum Gasteiger partial charge on any atom is -0.845 e. The lowest BCUT2D eigenvalue weighted by atomic mass is 9.99. The molecule has 5 rings (SSSR count). The van der Waals surface area contributed by atoms with Gasteiger partial charge in [0.25, 0.3) is 0 Å². The quantitative estimate of drug-likeness (QED) is 0.486. The van der Waals surface area contributed by atoms with Crippen LogP contribution in [0.15, 0.2) is 22.9 Å². The monoisotopic (exact) mass is 472 g/mol. The Morgan fingerprint density at radius 2 is 1.97 bits per heavy atom. The number of aromatic nitrogens is 2. The molecule has 33 heavy (non-hydrogen) atoms. The van der Waals surface area contributed by atoms with Gasteiger partial charge in [0.05, 0.1) is 24.0 Å². The Kier molecular flexibility index (Phi) is 6.05. The van der Waals surface area contributed by atoms with E-state index in [-0.39, 0.29) is 12.6 Å². The minimum absolute atomic E-state index is 0.0164. The Labute approximate surface area is 194 Å². The van der Waals surface area contributed by atoms with E-state index in [9.17, 15) is 13.5 Å². The molecule has 10 heteroatoms. The smallest absolute Gasteiger partial charge is 0.345 e. The second-order valence-corrected chi connectivity index (χ2v) is 10.6. The van der Waals surface area contributed by atoms with Crippen LogP contribution < -0.4 is 14.7 Å². The normalized spacial score (nSPS) is 20.2. The van der Waals surface area contributed by atoms with Gasteiger partial charge < -0.3 is 15.2 Å². The first kappa shape index (κ1) is 22.2. The third-order valence-electron chi connectivity index (χ3n) is 6.84. The van der Waals surface area contributed by atoms with Gasteiger partial charge in [-0.2, -0.15) is 13.5 Å². The van der Waals surface area contributed by atoms with Crippen LogP contribution in [0.3, 0.4) is 0 Å². The molecule has 1 aromatic heterocycles. The van der Waals surface area contributed by atoms with Crippen LogP contribution in [0.2, 0.25) is 0 Å². The zero-order valence-electron chi connectivity index (χ0n) is 18.9. The van der Waals surface area contributed by atoms with E-state index in [1.807, 2.05) is 0 Å². The zero-order valence-corrected chi connectivity index (χ0v) is 19.7. The van der Waals surface area contributed by atoms with Crippen molar-refractivity contribution < 1.29 is 18.3 Å². The van der Waals surface area contributed by atoms with Crippen molar-refractivity contribution in [1.82, 2.24) is 9.78 Å². The minimum atomic E-state index is -4.26. The Morgan fingerprint density at radius 3 is 2.58 bits per heavy atom. The molecule has 0 bridgehead atoms. The van der Waals surface area contributed by atoms with Crippen molar-refractivity contribution in [1.29, 1.82) is 0 Å². The number of nitrogens with one attached hydrogen (secondary N) is 1. The van der Waals surface area contributed by atoms with E-state index in [0.717, 1.165) is 72.5 Å². The first-order chi connectivity index (χ1) is 15.9. The van der Waals surface area contributed by atoms with Crippen LogP contribution in [0, 0.1) is 0 Å². The molecule has 1 N–H and O–H groups in total. The molecule has 0 radical (unpaired) electrons. The third kappa shape index (κ3) is 4.59. The molecular weight excluding hydrogens is 442 g/mol. The second-order valence-electron chi connectivity index (χ2n) is 9.10. The number of benzene rings is 1. The molecule has 9 nitrogen and oxygen atoms in total. The highest BCUT2D eigenvalue weighted by Gasteiger charge is 2.27. The fourth-order valence-corrected chi connectivity index (χ4v) is 6.35. The standard InChI is InChI=1S/C23H31N5O4S/c1-27-15-18(14-24-27)28(11-10-19-7-4-12-32-19)33(30,31)26-23(29)25-22-20-8-2-5-16(20)13-17-6-3-9-21(17)22/h13-15,19H,2-12H2,1H3,(H2,25,26,29)/p-1/t19-/m0/s1. The van der Waals surface area contributed by atoms with Gasteiger partial charge >= 0.3 is 10.2 Å². The van der Waals surface area contributed by atoms with Gasteiger partial charge in [0, 0.05) is 32.1 Å². The Morgan fingerprint density at radius 1 is 1.24 bits per heavy atom. The van der Waals surface area contributed by atoms with E-state index in [4.69, 9.17) is 4.74 Å². The summed E-state index contributed by atoms with van der Waals surface area (Å²) in [5.74, 6) is 0. The number of nitrogens with zero attached hydrogens (tertiary/aromatic N) is 4. The van der Waals surface area contributed by atoms with Gasteiger partial charge in [-0.25, -0.2) is 4.31 Å². The molecule has 1 saturated heterocycles. The largest absolute Gasteiger partial charge is 0.845 e. The summed E-state index contributed by atoms with van der Waals surface area (Å²) in [6, 6.07) is 1.42. The average molecular weight is 473 g/mol. The topological polar surface area (TPSA) is 112 Å². The molecule has 0 spiro atoms. The third-order valence-corrected chi connectivity index (χ3v) is 8.19. The van der Waals surface area contributed by atoms with Gasteiger partial charge in [0.1, 0.15) is 0 Å². The van der Waals surface area contributed by atoms with Crippen molar-refractivity contribution in [2.75, 3.05) is 22.8 Å². The van der Waals surface area contributed by atoms with Crippen LogP contribution in [0.1, 0.15) is 54.4 Å². The van der Waals surface area contributed by atoms with E-state index < -0.39 is 16.2 Å². The van der Waals surface area contributed by atoms with Crippen LogP contribution in [0.5, 0.6) is 0 Å². The van der Waals surface area contributed by atoms with Crippen molar-refractivity contribution in [3.05, 3.63) is 40.7 Å². The van der Waals surface area contributed by atoms with Crippen LogP contribution in [0.4, 0.5) is 11.4 Å². The summed E-state index contributed by atoms with van der Waals surface area (Å²) in [7, 11) is -2.55. The van der Waals surface area contributed by atoms with Crippen LogP contribution in [-0.2, 0) is 47.7 Å². The molecule has 0 saturated carbocycles. The Hall–Kier alpha value is -2.59. The molecular formula is C23H30N5O4S-. The predicted molar refractivity (Wildman–Crippen MR) is 125 cm³/mol. The van der Waals surface area contributed by atoms with E-state index in [0.29, 0.717) is 18.7 Å². The summed E-state index contributed by atoms with van der Waals surface area (Å²) < 4.78 is 38.5. The molecule has 1 atom stereocenters. The Bertz CT molecular complexity index is 1140. The van der Waals surface area contributed by atoms with Crippen LogP contribution >= 0.6 is 0 Å². The number of aryl methyl sites for hydroxylation is 3. The predicted octanol–water partition coefficient (Wildman–Crippen LogP) is 1.85.